The summed E-state index contributed by atoms with van der Waals surface area (Å²) in [6, 6.07) is 18.9. The Hall–Kier alpha value is -3.22. The molecule has 3 fully saturated rings. The number of nitrogens with one attached hydrogen (secondary N) is 2. The number of hydrogen-bond acceptors (Lipinski definition) is 4. The van der Waals surface area contributed by atoms with Crippen molar-refractivity contribution in [3.63, 3.8) is 0 Å². The first kappa shape index (κ1) is 22.6. The van der Waals surface area contributed by atoms with E-state index in [0.29, 0.717) is 11.8 Å². The van der Waals surface area contributed by atoms with Gasteiger partial charge < -0.3 is 15.7 Å². The predicted molar refractivity (Wildman–Crippen MR) is 134 cm³/mol. The third-order valence-electron chi connectivity index (χ3n) is 7.53. The lowest BCUT2D eigenvalue weighted by atomic mass is 9.73. The van der Waals surface area contributed by atoms with Crippen molar-refractivity contribution in [3.8, 4) is 0 Å². The number of nitrogens with zero attached hydrogens (tertiary/aromatic N) is 2. The fourth-order valence-corrected chi connectivity index (χ4v) is 5.76. The van der Waals surface area contributed by atoms with E-state index in [2.05, 4.69) is 39.2 Å². The van der Waals surface area contributed by atoms with E-state index in [1.165, 1.54) is 6.42 Å². The highest BCUT2D eigenvalue weighted by Crippen LogP contribution is 2.42. The molecule has 6 heteroatoms. The Morgan fingerprint density at radius 2 is 1.94 bits per heavy atom. The molecule has 2 bridgehead atoms. The number of aliphatic hydroxyl groups excluding tert-OH is 1. The Bertz CT molecular complexity index is 1150. The summed E-state index contributed by atoms with van der Waals surface area (Å²) in [7, 11) is 0. The van der Waals surface area contributed by atoms with E-state index in [0.717, 1.165) is 41.5 Å². The lowest BCUT2D eigenvalue weighted by Crippen LogP contribution is -2.58. The lowest BCUT2D eigenvalue weighted by Gasteiger charge is -2.51. The fraction of sp³-hybridized carbons (Fsp3) is 0.357. The van der Waals surface area contributed by atoms with Gasteiger partial charge in [-0.05, 0) is 54.5 Å². The maximum absolute atomic E-state index is 13.3. The van der Waals surface area contributed by atoms with Gasteiger partial charge in [0, 0.05) is 24.2 Å². The van der Waals surface area contributed by atoms with Crippen molar-refractivity contribution in [1.29, 1.82) is 0 Å². The molecule has 2 aromatic carbocycles. The topological polar surface area (TPSA) is 77.5 Å². The SMILES string of the molecule is C=C[C@H]1CN2CC[C@H]1C[C@H]2[C@H](NC(=O)N[C@@H](CO)c1ccccc1)c1ccnc2ccccc12. The highest BCUT2D eigenvalue weighted by atomic mass is 16.3. The van der Waals surface area contributed by atoms with Gasteiger partial charge in [0.2, 0.25) is 0 Å². The first-order valence-corrected chi connectivity index (χ1v) is 12.1. The zero-order chi connectivity index (χ0) is 23.5. The van der Waals surface area contributed by atoms with Gasteiger partial charge in [-0.1, -0.05) is 54.6 Å². The lowest BCUT2D eigenvalue weighted by molar-refractivity contribution is 0.00303. The number of fused-ring (bicyclic) bond motifs is 4. The summed E-state index contributed by atoms with van der Waals surface area (Å²) in [6.45, 7) is 5.90. The van der Waals surface area contributed by atoms with Crippen LogP contribution in [0.5, 0.6) is 0 Å². The van der Waals surface area contributed by atoms with Gasteiger partial charge in [-0.25, -0.2) is 4.79 Å². The van der Waals surface area contributed by atoms with Crippen molar-refractivity contribution in [2.45, 2.75) is 31.0 Å². The summed E-state index contributed by atoms with van der Waals surface area (Å²) in [6.07, 6.45) is 6.10. The summed E-state index contributed by atoms with van der Waals surface area (Å²) < 4.78 is 0. The molecule has 176 valence electrons. The van der Waals surface area contributed by atoms with Gasteiger partial charge in [0.1, 0.15) is 0 Å². The van der Waals surface area contributed by atoms with Crippen molar-refractivity contribution in [2.24, 2.45) is 11.8 Å². The molecule has 3 aromatic rings. The van der Waals surface area contributed by atoms with Crippen LogP contribution in [-0.2, 0) is 0 Å². The molecule has 3 saturated heterocycles. The standard InChI is InChI=1S/C28H32N4O2/c1-2-19-17-32-15-13-21(19)16-26(32)27(23-12-14-29-24-11-7-6-10-22(23)24)31-28(34)30-25(18-33)20-8-4-3-5-9-20/h2-12,14,19,21,25-27,33H,1,13,15-18H2,(H2,30,31,34)/t19-,21-,25-,26-,27+/m0/s1. The van der Waals surface area contributed by atoms with Gasteiger partial charge in [0.05, 0.1) is 24.2 Å². The molecule has 2 amide bonds. The first-order valence-electron chi connectivity index (χ1n) is 12.1. The largest absolute Gasteiger partial charge is 0.394 e. The van der Waals surface area contributed by atoms with Crippen LogP contribution >= 0.6 is 0 Å². The number of aromatic nitrogens is 1. The molecule has 0 spiro atoms. The second-order valence-corrected chi connectivity index (χ2v) is 9.40. The minimum absolute atomic E-state index is 0.168. The van der Waals surface area contributed by atoms with Crippen molar-refractivity contribution in [1.82, 2.24) is 20.5 Å². The van der Waals surface area contributed by atoms with Crippen molar-refractivity contribution >= 4 is 16.9 Å². The van der Waals surface area contributed by atoms with E-state index >= 15 is 0 Å². The van der Waals surface area contributed by atoms with Gasteiger partial charge in [-0.2, -0.15) is 0 Å². The predicted octanol–water partition coefficient (Wildman–Crippen LogP) is 4.21. The molecule has 6 nitrogen and oxygen atoms in total. The minimum Gasteiger partial charge on any atom is -0.394 e. The maximum Gasteiger partial charge on any atom is 0.315 e. The quantitative estimate of drug-likeness (QED) is 0.466. The highest BCUT2D eigenvalue weighted by Gasteiger charge is 2.43. The first-order chi connectivity index (χ1) is 16.7. The van der Waals surface area contributed by atoms with Gasteiger partial charge in [0.15, 0.2) is 0 Å². The second-order valence-electron chi connectivity index (χ2n) is 9.40. The molecule has 34 heavy (non-hydrogen) atoms. The third kappa shape index (κ3) is 4.43. The van der Waals surface area contributed by atoms with Crippen LogP contribution in [0, 0.1) is 11.8 Å². The van der Waals surface area contributed by atoms with Crippen LogP contribution in [0.25, 0.3) is 10.9 Å². The molecule has 3 aliphatic rings. The van der Waals surface area contributed by atoms with Gasteiger partial charge in [0.25, 0.3) is 0 Å². The third-order valence-corrected chi connectivity index (χ3v) is 7.53. The molecule has 3 aliphatic heterocycles. The summed E-state index contributed by atoms with van der Waals surface area (Å²) in [5.41, 5.74) is 2.87. The van der Waals surface area contributed by atoms with Crippen LogP contribution in [0.1, 0.15) is 36.1 Å². The Labute approximate surface area is 200 Å². The Kier molecular flexibility index (Phi) is 6.61. The maximum atomic E-state index is 13.3. The number of carbonyl (C=O) groups excluding carboxylic acids is 1. The summed E-state index contributed by atoms with van der Waals surface area (Å²) in [5, 5.41) is 17.3. The number of pyridine rings is 1. The normalized spacial score (nSPS) is 25.4. The van der Waals surface area contributed by atoms with Crippen LogP contribution in [-0.4, -0.2) is 46.8 Å². The van der Waals surface area contributed by atoms with Crippen molar-refractivity contribution < 1.29 is 9.90 Å². The fourth-order valence-electron chi connectivity index (χ4n) is 5.76. The summed E-state index contributed by atoms with van der Waals surface area (Å²) >= 11 is 0. The zero-order valence-corrected chi connectivity index (χ0v) is 19.3. The van der Waals surface area contributed by atoms with Crippen LogP contribution in [0.4, 0.5) is 4.79 Å². The zero-order valence-electron chi connectivity index (χ0n) is 19.3. The molecule has 1 aromatic heterocycles. The Balaban J connectivity index is 1.45. The number of amides is 2. The number of rotatable bonds is 7. The molecule has 0 radical (unpaired) electrons. The van der Waals surface area contributed by atoms with E-state index < -0.39 is 6.04 Å². The minimum atomic E-state index is -0.468. The van der Waals surface area contributed by atoms with Crippen LogP contribution in [0.15, 0.2) is 79.5 Å². The van der Waals surface area contributed by atoms with Gasteiger partial charge >= 0.3 is 6.03 Å². The number of para-hydroxylation sites is 1. The van der Waals surface area contributed by atoms with E-state index in [4.69, 9.17) is 0 Å². The highest BCUT2D eigenvalue weighted by molar-refractivity contribution is 5.83. The van der Waals surface area contributed by atoms with Crippen molar-refractivity contribution in [2.75, 3.05) is 19.7 Å². The Morgan fingerprint density at radius 1 is 1.15 bits per heavy atom. The van der Waals surface area contributed by atoms with Gasteiger partial charge in [-0.3, -0.25) is 9.88 Å². The monoisotopic (exact) mass is 456 g/mol. The number of aliphatic hydroxyl groups is 1. The number of urea groups is 1. The average molecular weight is 457 g/mol. The van der Waals surface area contributed by atoms with E-state index in [1.807, 2.05) is 60.8 Å². The molecule has 1 unspecified atom stereocenters. The van der Waals surface area contributed by atoms with E-state index in [-0.39, 0.29) is 24.7 Å². The molecule has 0 aliphatic carbocycles. The molecule has 4 heterocycles. The number of piperidine rings is 3. The molecule has 0 saturated carbocycles. The number of hydrogen-bond donors (Lipinski definition) is 3. The molecule has 6 rings (SSSR count). The summed E-state index contributed by atoms with van der Waals surface area (Å²) in [4.78, 5) is 20.3. The smallest absolute Gasteiger partial charge is 0.315 e. The van der Waals surface area contributed by atoms with Crippen LogP contribution < -0.4 is 10.6 Å². The summed E-state index contributed by atoms with van der Waals surface area (Å²) in [5.74, 6) is 1.09. The molecular weight excluding hydrogens is 424 g/mol. The molecule has 6 atom stereocenters. The number of carbonyl (C=O) groups is 1. The molecule has 3 N–H and O–H groups in total. The second kappa shape index (κ2) is 9.95. The van der Waals surface area contributed by atoms with E-state index in [1.54, 1.807) is 0 Å². The van der Waals surface area contributed by atoms with E-state index in [9.17, 15) is 9.90 Å². The Morgan fingerprint density at radius 3 is 2.68 bits per heavy atom. The van der Waals surface area contributed by atoms with Crippen LogP contribution in [0.3, 0.4) is 0 Å². The van der Waals surface area contributed by atoms with Crippen molar-refractivity contribution in [3.05, 3.63) is 90.6 Å². The average Bonchev–Trinajstić information content (AvgIpc) is 2.90. The number of benzene rings is 2. The molecular formula is C28H32N4O2. The van der Waals surface area contributed by atoms with Gasteiger partial charge in [-0.15, -0.1) is 6.58 Å². The van der Waals surface area contributed by atoms with Crippen LogP contribution in [0.2, 0.25) is 0 Å².